The average molecular weight is 373 g/mol. The third-order valence-electron chi connectivity index (χ3n) is 4.01. The lowest BCUT2D eigenvalue weighted by Gasteiger charge is -2.10. The first-order valence-corrected chi connectivity index (χ1v) is 9.56. The van der Waals surface area contributed by atoms with Gasteiger partial charge in [-0.15, -0.1) is 0 Å². The van der Waals surface area contributed by atoms with E-state index in [0.29, 0.717) is 12.0 Å². The second-order valence-corrected chi connectivity index (χ2v) is 7.66. The molecule has 0 aromatic heterocycles. The Bertz CT molecular complexity index is 926. The monoisotopic (exact) mass is 373 g/mol. The molecule has 8 heteroatoms. The fourth-order valence-electron chi connectivity index (χ4n) is 2.56. The van der Waals surface area contributed by atoms with Gasteiger partial charge in [0.1, 0.15) is 0 Å². The summed E-state index contributed by atoms with van der Waals surface area (Å²) in [5.41, 5.74) is 2.33. The Morgan fingerprint density at radius 3 is 2.69 bits per heavy atom. The molecule has 2 aromatic rings. The summed E-state index contributed by atoms with van der Waals surface area (Å²) in [6.07, 6.45) is -0.293. The molecule has 0 spiro atoms. The van der Waals surface area contributed by atoms with Crippen LogP contribution < -0.4 is 10.0 Å². The fraction of sp³-hybridized carbons (Fsp3) is 0.222. The van der Waals surface area contributed by atoms with Gasteiger partial charge >= 0.3 is 0 Å². The van der Waals surface area contributed by atoms with Gasteiger partial charge in [-0.05, 0) is 30.3 Å². The Morgan fingerprint density at radius 2 is 1.96 bits per heavy atom. The molecule has 0 aliphatic carbocycles. The summed E-state index contributed by atoms with van der Waals surface area (Å²) in [6, 6.07) is 15.9. The van der Waals surface area contributed by atoms with Crippen molar-refractivity contribution in [3.8, 4) is 0 Å². The lowest BCUT2D eigenvalue weighted by atomic mass is 10.0. The normalized spacial score (nSPS) is 16.7. The molecule has 1 aliphatic rings. The van der Waals surface area contributed by atoms with Crippen molar-refractivity contribution in [2.75, 3.05) is 7.05 Å². The lowest BCUT2D eigenvalue weighted by molar-refractivity contribution is -0.131. The first kappa shape index (κ1) is 18.1. The Morgan fingerprint density at radius 1 is 1.19 bits per heavy atom. The summed E-state index contributed by atoms with van der Waals surface area (Å²) in [5.74, 6) is -0.290. The van der Waals surface area contributed by atoms with E-state index in [4.69, 9.17) is 4.84 Å². The molecule has 2 aromatic carbocycles. The highest BCUT2D eigenvalue weighted by Gasteiger charge is 2.28. The summed E-state index contributed by atoms with van der Waals surface area (Å²) in [4.78, 5) is 17.7. The number of rotatable bonds is 6. The van der Waals surface area contributed by atoms with E-state index in [-0.39, 0.29) is 17.3 Å². The zero-order chi connectivity index (χ0) is 18.6. The molecule has 0 unspecified atom stereocenters. The van der Waals surface area contributed by atoms with E-state index >= 15 is 0 Å². The number of amides is 1. The average Bonchev–Trinajstić information content (AvgIpc) is 3.17. The molecule has 1 atom stereocenters. The number of sulfonamides is 1. The Kier molecular flexibility index (Phi) is 5.34. The molecule has 1 heterocycles. The van der Waals surface area contributed by atoms with Gasteiger partial charge in [0.15, 0.2) is 0 Å². The van der Waals surface area contributed by atoms with E-state index < -0.39 is 16.1 Å². The Hall–Kier alpha value is -2.71. The minimum atomic E-state index is -3.52. The third kappa shape index (κ3) is 4.09. The second kappa shape index (κ2) is 7.67. The zero-order valence-corrected chi connectivity index (χ0v) is 15.0. The van der Waals surface area contributed by atoms with Crippen molar-refractivity contribution in [2.45, 2.75) is 24.0 Å². The van der Waals surface area contributed by atoms with Crippen LogP contribution in [-0.2, 0) is 26.2 Å². The zero-order valence-electron chi connectivity index (χ0n) is 14.2. The van der Waals surface area contributed by atoms with Crippen molar-refractivity contribution in [2.24, 2.45) is 5.16 Å². The van der Waals surface area contributed by atoms with E-state index in [2.05, 4.69) is 15.2 Å². The van der Waals surface area contributed by atoms with Crippen LogP contribution in [0.3, 0.4) is 0 Å². The predicted octanol–water partition coefficient (Wildman–Crippen LogP) is 1.40. The maximum Gasteiger partial charge on any atom is 0.264 e. The molecule has 1 amide bonds. The maximum absolute atomic E-state index is 12.3. The van der Waals surface area contributed by atoms with E-state index in [1.54, 1.807) is 12.1 Å². The van der Waals surface area contributed by atoms with E-state index in [1.165, 1.54) is 19.2 Å². The molecule has 1 aliphatic heterocycles. The quantitative estimate of drug-likeness (QED) is 0.800. The number of hydrogen-bond donors (Lipinski definition) is 2. The van der Waals surface area contributed by atoms with Gasteiger partial charge in [0.25, 0.3) is 5.91 Å². The minimum absolute atomic E-state index is 0.151. The number of nitrogens with zero attached hydrogens (tertiary/aromatic N) is 1. The molecule has 0 bridgehead atoms. The molecular formula is C18H19N3O4S. The van der Waals surface area contributed by atoms with Crippen LogP contribution in [-0.4, -0.2) is 33.2 Å². The van der Waals surface area contributed by atoms with Crippen molar-refractivity contribution in [1.29, 1.82) is 0 Å². The van der Waals surface area contributed by atoms with Crippen LogP contribution in [0.1, 0.15) is 17.5 Å². The summed E-state index contributed by atoms with van der Waals surface area (Å²) in [5, 5.41) is 6.75. The summed E-state index contributed by atoms with van der Waals surface area (Å²) < 4.78 is 25.9. The second-order valence-electron chi connectivity index (χ2n) is 5.77. The highest BCUT2D eigenvalue weighted by atomic mass is 32.2. The number of nitrogens with one attached hydrogen (secondary N) is 2. The number of carbonyl (C=O) groups excluding carboxylic acids is 1. The van der Waals surface area contributed by atoms with Crippen LogP contribution in [0, 0.1) is 0 Å². The third-order valence-corrected chi connectivity index (χ3v) is 5.42. The standard InChI is InChI=1S/C18H19N3O4S/c1-19-26(23,24)15-9-5-6-13(10-15)12-20-18(22)17-11-16(21-25-17)14-7-3-2-4-8-14/h2-10,17,19H,11-12H2,1H3,(H,20,22)/t17-/m0/s1. The van der Waals surface area contributed by atoms with Crippen LogP contribution in [0.25, 0.3) is 0 Å². The van der Waals surface area contributed by atoms with Gasteiger partial charge in [0.2, 0.25) is 16.1 Å². The van der Waals surface area contributed by atoms with Gasteiger partial charge in [-0.2, -0.15) is 0 Å². The smallest absolute Gasteiger partial charge is 0.264 e. The van der Waals surface area contributed by atoms with Crippen molar-refractivity contribution < 1.29 is 18.0 Å². The van der Waals surface area contributed by atoms with Gasteiger partial charge in [-0.25, -0.2) is 13.1 Å². The molecular weight excluding hydrogens is 354 g/mol. The van der Waals surface area contributed by atoms with E-state index in [1.807, 2.05) is 30.3 Å². The molecule has 136 valence electrons. The minimum Gasteiger partial charge on any atom is -0.382 e. The highest BCUT2D eigenvalue weighted by molar-refractivity contribution is 7.89. The van der Waals surface area contributed by atoms with Gasteiger partial charge in [0, 0.05) is 13.0 Å². The molecule has 0 radical (unpaired) electrons. The van der Waals surface area contributed by atoms with Gasteiger partial charge in [-0.3, -0.25) is 4.79 Å². The van der Waals surface area contributed by atoms with E-state index in [9.17, 15) is 13.2 Å². The number of benzene rings is 2. The van der Waals surface area contributed by atoms with Crippen LogP contribution >= 0.6 is 0 Å². The van der Waals surface area contributed by atoms with Crippen molar-refractivity contribution in [3.63, 3.8) is 0 Å². The van der Waals surface area contributed by atoms with Crippen LogP contribution in [0.5, 0.6) is 0 Å². The topological polar surface area (TPSA) is 96.9 Å². The summed E-state index contributed by atoms with van der Waals surface area (Å²) >= 11 is 0. The van der Waals surface area contributed by atoms with Crippen molar-refractivity contribution in [3.05, 3.63) is 65.7 Å². The molecule has 2 N–H and O–H groups in total. The SMILES string of the molecule is CNS(=O)(=O)c1cccc(CNC(=O)[C@@H]2CC(c3ccccc3)=NO2)c1. The van der Waals surface area contributed by atoms with Gasteiger partial charge in [0.05, 0.1) is 10.6 Å². The van der Waals surface area contributed by atoms with Crippen LogP contribution in [0.2, 0.25) is 0 Å². The lowest BCUT2D eigenvalue weighted by Crippen LogP contribution is -2.34. The predicted molar refractivity (Wildman–Crippen MR) is 97.0 cm³/mol. The molecule has 0 saturated heterocycles. The van der Waals surface area contributed by atoms with Crippen molar-refractivity contribution >= 4 is 21.6 Å². The summed E-state index contributed by atoms with van der Waals surface area (Å²) in [6.45, 7) is 0.201. The molecule has 3 rings (SSSR count). The van der Waals surface area contributed by atoms with Crippen LogP contribution in [0.15, 0.2) is 64.6 Å². The number of hydrogen-bond acceptors (Lipinski definition) is 5. The largest absolute Gasteiger partial charge is 0.382 e. The fourth-order valence-corrected chi connectivity index (χ4v) is 3.36. The molecule has 0 fully saturated rings. The van der Waals surface area contributed by atoms with Gasteiger partial charge < -0.3 is 10.2 Å². The van der Waals surface area contributed by atoms with Gasteiger partial charge in [-0.1, -0.05) is 47.6 Å². The summed E-state index contributed by atoms with van der Waals surface area (Å²) in [7, 11) is -2.17. The van der Waals surface area contributed by atoms with Crippen molar-refractivity contribution in [1.82, 2.24) is 10.0 Å². The van der Waals surface area contributed by atoms with E-state index in [0.717, 1.165) is 11.3 Å². The Labute approximate surface area is 152 Å². The highest BCUT2D eigenvalue weighted by Crippen LogP contribution is 2.17. The first-order valence-electron chi connectivity index (χ1n) is 8.08. The Balaban J connectivity index is 1.58. The molecule has 26 heavy (non-hydrogen) atoms. The first-order chi connectivity index (χ1) is 12.5. The number of oxime groups is 1. The maximum atomic E-state index is 12.3. The number of carbonyl (C=O) groups is 1. The molecule has 0 saturated carbocycles. The van der Waals surface area contributed by atoms with Crippen LogP contribution in [0.4, 0.5) is 0 Å². The molecule has 7 nitrogen and oxygen atoms in total.